The fraction of sp³-hybridized carbons (Fsp3) is 0.303. The van der Waals surface area contributed by atoms with E-state index in [2.05, 4.69) is 5.32 Å². The molecule has 1 N–H and O–H groups in total. The number of rotatable bonds is 4. The SMILES string of the molecule is CC(C)(C)OC(=O)NC1CCN(c2cc3ccc(-c4c(F)cccc4C(F)(F)F)cc3c(-c3ccc(C#N)c(F)c3)n2)CC1. The summed E-state index contributed by atoms with van der Waals surface area (Å²) in [5.41, 5.74) is -1.95. The summed E-state index contributed by atoms with van der Waals surface area (Å²) in [6.45, 7) is 6.41. The minimum atomic E-state index is -4.79. The molecule has 44 heavy (non-hydrogen) atoms. The van der Waals surface area contributed by atoms with E-state index >= 15 is 0 Å². The number of pyridine rings is 1. The molecule has 1 aliphatic rings. The van der Waals surface area contributed by atoms with Crippen LogP contribution in [0.1, 0.15) is 44.7 Å². The Balaban J connectivity index is 1.55. The van der Waals surface area contributed by atoms with Gasteiger partial charge >= 0.3 is 12.3 Å². The van der Waals surface area contributed by atoms with Crippen LogP contribution in [0.15, 0.2) is 60.7 Å². The van der Waals surface area contributed by atoms with Crippen LogP contribution in [0.25, 0.3) is 33.2 Å². The van der Waals surface area contributed by atoms with Crippen molar-refractivity contribution < 1.29 is 31.5 Å². The van der Waals surface area contributed by atoms with Gasteiger partial charge in [-0.3, -0.25) is 0 Å². The number of ether oxygens (including phenoxy) is 1. The highest BCUT2D eigenvalue weighted by atomic mass is 19.4. The van der Waals surface area contributed by atoms with E-state index in [0.717, 1.165) is 24.3 Å². The van der Waals surface area contributed by atoms with Crippen molar-refractivity contribution in [3.8, 4) is 28.5 Å². The third-order valence-corrected chi connectivity index (χ3v) is 7.33. The van der Waals surface area contributed by atoms with E-state index in [0.29, 0.717) is 48.1 Å². The Labute approximate surface area is 251 Å². The standard InChI is InChI=1S/C33H29F5N4O2/c1-32(2,3)44-31(43)40-23-11-13-42(14-12-23)28-17-19-7-8-20(29-25(33(36,37)38)5-4-6-26(29)34)15-24(19)30(41-28)21-9-10-22(18-39)27(35)16-21/h4-10,15-17,23H,11-14H2,1-3H3,(H,40,43). The van der Waals surface area contributed by atoms with Gasteiger partial charge < -0.3 is 15.0 Å². The molecular formula is C33H29F5N4O2. The summed E-state index contributed by atoms with van der Waals surface area (Å²) in [6.07, 6.45) is -4.08. The average molecular weight is 609 g/mol. The lowest BCUT2D eigenvalue weighted by molar-refractivity contribution is -0.137. The lowest BCUT2D eigenvalue weighted by Crippen LogP contribution is -2.46. The van der Waals surface area contributed by atoms with Crippen molar-refractivity contribution in [3.05, 3.63) is 83.4 Å². The van der Waals surface area contributed by atoms with Crippen molar-refractivity contribution in [1.82, 2.24) is 10.3 Å². The molecule has 0 unspecified atom stereocenters. The number of aromatic nitrogens is 1. The topological polar surface area (TPSA) is 78.2 Å². The van der Waals surface area contributed by atoms with Crippen LogP contribution in [0.2, 0.25) is 0 Å². The molecule has 1 saturated heterocycles. The molecule has 5 rings (SSSR count). The Morgan fingerprint density at radius 3 is 2.32 bits per heavy atom. The fourth-order valence-corrected chi connectivity index (χ4v) is 5.30. The van der Waals surface area contributed by atoms with E-state index in [1.807, 2.05) is 4.90 Å². The van der Waals surface area contributed by atoms with Gasteiger partial charge in [0, 0.05) is 35.6 Å². The Bertz CT molecular complexity index is 1770. The number of piperidine rings is 1. The van der Waals surface area contributed by atoms with Gasteiger partial charge in [-0.1, -0.05) is 24.3 Å². The van der Waals surface area contributed by atoms with Gasteiger partial charge in [0.2, 0.25) is 0 Å². The zero-order chi connectivity index (χ0) is 31.8. The zero-order valence-corrected chi connectivity index (χ0v) is 24.2. The highest BCUT2D eigenvalue weighted by Gasteiger charge is 2.35. The number of hydrogen-bond donors (Lipinski definition) is 1. The van der Waals surface area contributed by atoms with E-state index in [-0.39, 0.29) is 22.9 Å². The predicted octanol–water partition coefficient (Wildman–Crippen LogP) is 8.23. The number of nitrogens with zero attached hydrogens (tertiary/aromatic N) is 3. The maximum atomic E-state index is 14.9. The molecule has 3 aromatic carbocycles. The smallest absolute Gasteiger partial charge is 0.417 e. The van der Waals surface area contributed by atoms with Crippen LogP contribution in [0.4, 0.5) is 32.6 Å². The quantitative estimate of drug-likeness (QED) is 0.236. The molecule has 1 aliphatic heterocycles. The molecule has 2 heterocycles. The van der Waals surface area contributed by atoms with Crippen LogP contribution in [-0.2, 0) is 10.9 Å². The van der Waals surface area contributed by atoms with Gasteiger partial charge in [-0.2, -0.15) is 18.4 Å². The number of alkyl halides is 3. The van der Waals surface area contributed by atoms with E-state index in [4.69, 9.17) is 9.72 Å². The monoisotopic (exact) mass is 608 g/mol. The first-order valence-corrected chi connectivity index (χ1v) is 14.0. The summed E-state index contributed by atoms with van der Waals surface area (Å²) in [4.78, 5) is 19.0. The number of carbonyl (C=O) groups excluding carboxylic acids is 1. The molecule has 1 amide bonds. The molecule has 1 fully saturated rings. The largest absolute Gasteiger partial charge is 0.444 e. The first kappa shape index (κ1) is 30.7. The highest BCUT2D eigenvalue weighted by molar-refractivity contribution is 5.99. The second-order valence-electron chi connectivity index (χ2n) is 11.6. The number of halogens is 5. The number of carbonyl (C=O) groups is 1. The van der Waals surface area contributed by atoms with Crippen molar-refractivity contribution in [2.24, 2.45) is 0 Å². The maximum absolute atomic E-state index is 14.9. The van der Waals surface area contributed by atoms with Gasteiger partial charge in [0.25, 0.3) is 0 Å². The summed E-state index contributed by atoms with van der Waals surface area (Å²) in [5.74, 6) is -1.26. The third-order valence-electron chi connectivity index (χ3n) is 7.33. The second-order valence-corrected chi connectivity index (χ2v) is 11.6. The summed E-state index contributed by atoms with van der Waals surface area (Å²) < 4.78 is 76.5. The maximum Gasteiger partial charge on any atom is 0.417 e. The van der Waals surface area contributed by atoms with Gasteiger partial charge in [0.05, 0.1) is 16.8 Å². The lowest BCUT2D eigenvalue weighted by atomic mass is 9.94. The van der Waals surface area contributed by atoms with Crippen molar-refractivity contribution >= 4 is 22.7 Å². The number of nitrogens with one attached hydrogen (secondary N) is 1. The first-order valence-electron chi connectivity index (χ1n) is 14.0. The number of anilines is 1. The first-order chi connectivity index (χ1) is 20.7. The summed E-state index contributed by atoms with van der Waals surface area (Å²) >= 11 is 0. The number of benzene rings is 3. The van der Waals surface area contributed by atoms with Crippen molar-refractivity contribution in [3.63, 3.8) is 0 Å². The number of fused-ring (bicyclic) bond motifs is 1. The second kappa shape index (κ2) is 11.8. The highest BCUT2D eigenvalue weighted by Crippen LogP contribution is 2.41. The normalized spacial score (nSPS) is 14.4. The summed E-state index contributed by atoms with van der Waals surface area (Å²) in [6, 6.07) is 14.6. The van der Waals surface area contributed by atoms with E-state index in [1.54, 1.807) is 39.0 Å². The Morgan fingerprint density at radius 2 is 1.68 bits per heavy atom. The molecule has 0 atom stereocenters. The zero-order valence-electron chi connectivity index (χ0n) is 24.2. The molecule has 0 bridgehead atoms. The molecule has 0 aliphatic carbocycles. The number of alkyl carbamates (subject to hydrolysis) is 1. The van der Waals surface area contributed by atoms with E-state index in [9.17, 15) is 32.0 Å². The van der Waals surface area contributed by atoms with E-state index < -0.39 is 40.6 Å². The molecule has 11 heteroatoms. The molecule has 1 aromatic heterocycles. The molecule has 228 valence electrons. The van der Waals surface area contributed by atoms with Crippen LogP contribution in [0.5, 0.6) is 0 Å². The van der Waals surface area contributed by atoms with Crippen LogP contribution < -0.4 is 10.2 Å². The average Bonchev–Trinajstić information content (AvgIpc) is 2.95. The molecule has 0 radical (unpaired) electrons. The van der Waals surface area contributed by atoms with Gasteiger partial charge in [-0.05, 0) is 81.0 Å². The number of nitriles is 1. The van der Waals surface area contributed by atoms with E-state index in [1.165, 1.54) is 24.3 Å². The van der Waals surface area contributed by atoms with Crippen LogP contribution in [0, 0.1) is 23.0 Å². The molecule has 4 aromatic rings. The van der Waals surface area contributed by atoms with Crippen molar-refractivity contribution in [2.45, 2.75) is 51.4 Å². The van der Waals surface area contributed by atoms with Gasteiger partial charge in [0.15, 0.2) is 0 Å². The van der Waals surface area contributed by atoms with Crippen LogP contribution in [-0.4, -0.2) is 35.8 Å². The minimum absolute atomic E-state index is 0.0122. The van der Waals surface area contributed by atoms with Crippen molar-refractivity contribution in [1.29, 1.82) is 5.26 Å². The minimum Gasteiger partial charge on any atom is -0.444 e. The Morgan fingerprint density at radius 1 is 0.977 bits per heavy atom. The molecular weight excluding hydrogens is 579 g/mol. The Hall–Kier alpha value is -4.72. The molecule has 0 spiro atoms. The fourth-order valence-electron chi connectivity index (χ4n) is 5.30. The van der Waals surface area contributed by atoms with Crippen LogP contribution in [0.3, 0.4) is 0 Å². The van der Waals surface area contributed by atoms with Crippen molar-refractivity contribution in [2.75, 3.05) is 18.0 Å². The van der Waals surface area contributed by atoms with Gasteiger partial charge in [0.1, 0.15) is 29.1 Å². The summed E-state index contributed by atoms with van der Waals surface area (Å²) in [5, 5.41) is 13.1. The van der Waals surface area contributed by atoms with Crippen LogP contribution >= 0.6 is 0 Å². The summed E-state index contributed by atoms with van der Waals surface area (Å²) in [7, 11) is 0. The van der Waals surface area contributed by atoms with Gasteiger partial charge in [-0.15, -0.1) is 0 Å². The predicted molar refractivity (Wildman–Crippen MR) is 157 cm³/mol. The number of hydrogen-bond acceptors (Lipinski definition) is 5. The molecule has 0 saturated carbocycles. The molecule has 6 nitrogen and oxygen atoms in total. The lowest BCUT2D eigenvalue weighted by Gasteiger charge is -2.34. The Kier molecular flexibility index (Phi) is 8.21. The van der Waals surface area contributed by atoms with Gasteiger partial charge in [-0.25, -0.2) is 18.6 Å². The number of amides is 1. The third kappa shape index (κ3) is 6.59.